The van der Waals surface area contributed by atoms with Gasteiger partial charge in [-0.15, -0.1) is 11.3 Å². The summed E-state index contributed by atoms with van der Waals surface area (Å²) in [5.41, 5.74) is 1.43. The van der Waals surface area contributed by atoms with E-state index in [0.717, 1.165) is 10.4 Å². The zero-order chi connectivity index (χ0) is 14.5. The SMILES string of the molecule is Cc1cccc(Cl)c1NC(=O)/C(C#N)=C/c1cccs1. The molecule has 2 aromatic rings. The van der Waals surface area contributed by atoms with Gasteiger partial charge in [0.05, 0.1) is 10.7 Å². The highest BCUT2D eigenvalue weighted by atomic mass is 35.5. The van der Waals surface area contributed by atoms with Crippen molar-refractivity contribution in [2.45, 2.75) is 6.92 Å². The summed E-state index contributed by atoms with van der Waals surface area (Å²) in [6.45, 7) is 1.84. The van der Waals surface area contributed by atoms with Crippen LogP contribution in [0.4, 0.5) is 5.69 Å². The number of thiophene rings is 1. The van der Waals surface area contributed by atoms with E-state index >= 15 is 0 Å². The Bertz CT molecular complexity index is 679. The molecule has 0 radical (unpaired) electrons. The molecule has 0 saturated heterocycles. The highest BCUT2D eigenvalue weighted by Crippen LogP contribution is 2.26. The fourth-order valence-electron chi connectivity index (χ4n) is 1.64. The molecule has 0 aliphatic carbocycles. The molecule has 1 aromatic heterocycles. The van der Waals surface area contributed by atoms with Crippen LogP contribution in [0.3, 0.4) is 0 Å². The molecule has 2 rings (SSSR count). The first-order valence-corrected chi connectivity index (χ1v) is 7.09. The number of aryl methyl sites for hydroxylation is 1. The minimum Gasteiger partial charge on any atom is -0.320 e. The van der Waals surface area contributed by atoms with Crippen molar-refractivity contribution in [3.05, 3.63) is 56.7 Å². The number of benzene rings is 1. The molecule has 1 aromatic carbocycles. The number of nitrogens with one attached hydrogen (secondary N) is 1. The molecule has 0 fully saturated rings. The van der Waals surface area contributed by atoms with Gasteiger partial charge in [-0.2, -0.15) is 5.26 Å². The maximum absolute atomic E-state index is 12.1. The number of nitriles is 1. The second-order valence-corrected chi connectivity index (χ2v) is 5.46. The van der Waals surface area contributed by atoms with Crippen molar-refractivity contribution >= 4 is 40.6 Å². The minimum atomic E-state index is -0.461. The lowest BCUT2D eigenvalue weighted by Gasteiger charge is -2.09. The van der Waals surface area contributed by atoms with Gasteiger partial charge in [0.1, 0.15) is 11.6 Å². The molecule has 0 aliphatic rings. The second-order valence-electron chi connectivity index (χ2n) is 4.07. The predicted octanol–water partition coefficient (Wildman–Crippen LogP) is 4.26. The molecule has 3 nitrogen and oxygen atoms in total. The lowest BCUT2D eigenvalue weighted by atomic mass is 10.1. The van der Waals surface area contributed by atoms with E-state index in [1.165, 1.54) is 11.3 Å². The van der Waals surface area contributed by atoms with Crippen LogP contribution < -0.4 is 5.32 Å². The van der Waals surface area contributed by atoms with Crippen molar-refractivity contribution in [1.82, 2.24) is 0 Å². The monoisotopic (exact) mass is 302 g/mol. The van der Waals surface area contributed by atoms with Gasteiger partial charge in [-0.05, 0) is 36.1 Å². The average molecular weight is 303 g/mol. The molecule has 1 N–H and O–H groups in total. The topological polar surface area (TPSA) is 52.9 Å². The van der Waals surface area contributed by atoms with Gasteiger partial charge < -0.3 is 5.32 Å². The Morgan fingerprint density at radius 2 is 2.20 bits per heavy atom. The number of anilines is 1. The van der Waals surface area contributed by atoms with Gasteiger partial charge in [-0.25, -0.2) is 0 Å². The third kappa shape index (κ3) is 3.27. The number of rotatable bonds is 3. The lowest BCUT2D eigenvalue weighted by molar-refractivity contribution is -0.112. The number of hydrogen-bond acceptors (Lipinski definition) is 3. The molecule has 0 aliphatic heterocycles. The van der Waals surface area contributed by atoms with E-state index < -0.39 is 5.91 Å². The Morgan fingerprint density at radius 1 is 1.40 bits per heavy atom. The van der Waals surface area contributed by atoms with E-state index in [2.05, 4.69) is 5.32 Å². The summed E-state index contributed by atoms with van der Waals surface area (Å²) in [4.78, 5) is 13.0. The quantitative estimate of drug-likeness (QED) is 0.680. The van der Waals surface area contributed by atoms with Crippen LogP contribution >= 0.6 is 22.9 Å². The maximum Gasteiger partial charge on any atom is 0.266 e. The van der Waals surface area contributed by atoms with E-state index in [9.17, 15) is 4.79 Å². The molecule has 1 heterocycles. The van der Waals surface area contributed by atoms with Crippen molar-refractivity contribution in [2.75, 3.05) is 5.32 Å². The Hall–Kier alpha value is -2.09. The molecule has 100 valence electrons. The Balaban J connectivity index is 2.25. The van der Waals surface area contributed by atoms with Crippen molar-refractivity contribution in [3.63, 3.8) is 0 Å². The van der Waals surface area contributed by atoms with Crippen LogP contribution in [-0.4, -0.2) is 5.91 Å². The first-order chi connectivity index (χ1) is 9.61. The number of halogens is 1. The van der Waals surface area contributed by atoms with E-state index in [1.54, 1.807) is 18.2 Å². The molecule has 0 spiro atoms. The van der Waals surface area contributed by atoms with Gasteiger partial charge in [0.15, 0.2) is 0 Å². The van der Waals surface area contributed by atoms with E-state index in [-0.39, 0.29) is 5.57 Å². The third-order valence-electron chi connectivity index (χ3n) is 2.66. The molecule has 0 bridgehead atoms. The third-order valence-corrected chi connectivity index (χ3v) is 3.79. The molecule has 1 amide bonds. The summed E-state index contributed by atoms with van der Waals surface area (Å²) >= 11 is 7.51. The number of nitrogens with zero attached hydrogens (tertiary/aromatic N) is 1. The van der Waals surface area contributed by atoms with Crippen molar-refractivity contribution < 1.29 is 4.79 Å². The number of amides is 1. The normalized spacial score (nSPS) is 10.9. The van der Waals surface area contributed by atoms with Crippen LogP contribution in [0.25, 0.3) is 6.08 Å². The van der Waals surface area contributed by atoms with Gasteiger partial charge in [0, 0.05) is 4.88 Å². The molecular formula is C15H11ClN2OS. The maximum atomic E-state index is 12.1. The zero-order valence-corrected chi connectivity index (χ0v) is 12.3. The summed E-state index contributed by atoms with van der Waals surface area (Å²) in [5.74, 6) is -0.461. The summed E-state index contributed by atoms with van der Waals surface area (Å²) < 4.78 is 0. The summed E-state index contributed by atoms with van der Waals surface area (Å²) in [6, 6.07) is 11.0. The van der Waals surface area contributed by atoms with Gasteiger partial charge in [0.2, 0.25) is 0 Å². The minimum absolute atomic E-state index is 0.0479. The zero-order valence-electron chi connectivity index (χ0n) is 10.7. The average Bonchev–Trinajstić information content (AvgIpc) is 2.93. The standard InChI is InChI=1S/C15H11ClN2OS/c1-10-4-2-6-13(16)14(10)18-15(19)11(9-17)8-12-5-3-7-20-12/h2-8H,1H3,(H,18,19)/b11-8+. The van der Waals surface area contributed by atoms with E-state index in [0.29, 0.717) is 10.7 Å². The van der Waals surface area contributed by atoms with Crippen LogP contribution in [0.5, 0.6) is 0 Å². The van der Waals surface area contributed by atoms with Crippen LogP contribution in [0.15, 0.2) is 41.3 Å². The van der Waals surface area contributed by atoms with Crippen LogP contribution in [-0.2, 0) is 4.79 Å². The highest BCUT2D eigenvalue weighted by molar-refractivity contribution is 7.10. The molecular weight excluding hydrogens is 292 g/mol. The highest BCUT2D eigenvalue weighted by Gasteiger charge is 2.13. The van der Waals surface area contributed by atoms with Crippen molar-refractivity contribution in [1.29, 1.82) is 5.26 Å². The molecule has 20 heavy (non-hydrogen) atoms. The molecule has 5 heteroatoms. The Labute approximate surface area is 126 Å². The Kier molecular flexibility index (Phi) is 4.57. The second kappa shape index (κ2) is 6.38. The number of hydrogen-bond donors (Lipinski definition) is 1. The Morgan fingerprint density at radius 3 is 2.80 bits per heavy atom. The van der Waals surface area contributed by atoms with Crippen LogP contribution in [0, 0.1) is 18.3 Å². The smallest absolute Gasteiger partial charge is 0.266 e. The van der Waals surface area contributed by atoms with Crippen molar-refractivity contribution in [3.8, 4) is 6.07 Å². The summed E-state index contributed by atoms with van der Waals surface area (Å²) in [6.07, 6.45) is 1.56. The largest absolute Gasteiger partial charge is 0.320 e. The van der Waals surface area contributed by atoms with Gasteiger partial charge in [-0.3, -0.25) is 4.79 Å². The molecule has 0 unspecified atom stereocenters. The van der Waals surface area contributed by atoms with Crippen LogP contribution in [0.2, 0.25) is 5.02 Å². The van der Waals surface area contributed by atoms with Gasteiger partial charge >= 0.3 is 0 Å². The van der Waals surface area contributed by atoms with Gasteiger partial charge in [-0.1, -0.05) is 29.8 Å². The number of carbonyl (C=O) groups excluding carboxylic acids is 1. The first kappa shape index (κ1) is 14.3. The predicted molar refractivity (Wildman–Crippen MR) is 82.7 cm³/mol. The summed E-state index contributed by atoms with van der Waals surface area (Å²) in [5, 5.41) is 14.1. The lowest BCUT2D eigenvalue weighted by Crippen LogP contribution is -2.14. The first-order valence-electron chi connectivity index (χ1n) is 5.83. The number of carbonyl (C=O) groups is 1. The van der Waals surface area contributed by atoms with E-state index in [1.807, 2.05) is 36.6 Å². The van der Waals surface area contributed by atoms with Crippen molar-refractivity contribution in [2.24, 2.45) is 0 Å². The fraction of sp³-hybridized carbons (Fsp3) is 0.0667. The summed E-state index contributed by atoms with van der Waals surface area (Å²) in [7, 11) is 0. The molecule has 0 atom stereocenters. The molecule has 0 saturated carbocycles. The van der Waals surface area contributed by atoms with E-state index in [4.69, 9.17) is 16.9 Å². The van der Waals surface area contributed by atoms with Gasteiger partial charge in [0.25, 0.3) is 5.91 Å². The van der Waals surface area contributed by atoms with Crippen LogP contribution in [0.1, 0.15) is 10.4 Å². The fourth-order valence-corrected chi connectivity index (χ4v) is 2.56. The number of para-hydroxylation sites is 1.